The number of anilines is 2. The van der Waals surface area contributed by atoms with Crippen LogP contribution in [0.4, 0.5) is 16.2 Å². The van der Waals surface area contributed by atoms with Gasteiger partial charge in [0, 0.05) is 29.1 Å². The quantitative estimate of drug-likeness (QED) is 0.416. The van der Waals surface area contributed by atoms with Gasteiger partial charge < -0.3 is 20.1 Å². The number of amides is 1. The average molecular weight is 487 g/mol. The third-order valence-corrected chi connectivity index (χ3v) is 5.84. The lowest BCUT2D eigenvalue weighted by atomic mass is 9.94. The van der Waals surface area contributed by atoms with E-state index in [0.717, 1.165) is 0 Å². The van der Waals surface area contributed by atoms with Crippen LogP contribution in [0.3, 0.4) is 0 Å². The highest BCUT2D eigenvalue weighted by atomic mass is 19.1. The van der Waals surface area contributed by atoms with E-state index < -0.39 is 6.04 Å². The fourth-order valence-corrected chi connectivity index (χ4v) is 4.12. The summed E-state index contributed by atoms with van der Waals surface area (Å²) in [6.45, 7) is 1.80. The Morgan fingerprint density at radius 3 is 2.58 bits per heavy atom. The minimum absolute atomic E-state index is 0.354. The Hall–Kier alpha value is -4.73. The molecule has 1 aliphatic heterocycles. The van der Waals surface area contributed by atoms with Crippen molar-refractivity contribution in [2.45, 2.75) is 13.0 Å². The molecule has 0 saturated heterocycles. The number of halogens is 1. The molecular formula is C26H23FN6O3. The molecule has 182 valence electrons. The average Bonchev–Trinajstić information content (AvgIpc) is 3.32. The van der Waals surface area contributed by atoms with Crippen molar-refractivity contribution in [2.24, 2.45) is 0 Å². The molecule has 2 aromatic heterocycles. The number of fused-ring (bicyclic) bond motifs is 1. The molecule has 1 amide bonds. The molecular weight excluding hydrogens is 463 g/mol. The molecule has 2 N–H and O–H groups in total. The predicted molar refractivity (Wildman–Crippen MR) is 132 cm³/mol. The van der Waals surface area contributed by atoms with E-state index in [-0.39, 0.29) is 11.7 Å². The highest BCUT2D eigenvalue weighted by Gasteiger charge is 2.36. The van der Waals surface area contributed by atoms with E-state index in [2.05, 4.69) is 20.6 Å². The van der Waals surface area contributed by atoms with Crippen molar-refractivity contribution in [1.29, 1.82) is 0 Å². The fraction of sp³-hybridized carbons (Fsp3) is 0.154. The molecule has 9 nitrogen and oxygen atoms in total. The zero-order chi connectivity index (χ0) is 25.2. The van der Waals surface area contributed by atoms with E-state index in [1.807, 2.05) is 6.07 Å². The first kappa shape index (κ1) is 23.0. The Bertz CT molecular complexity index is 1450. The van der Waals surface area contributed by atoms with Crippen molar-refractivity contribution in [3.8, 4) is 22.9 Å². The minimum Gasteiger partial charge on any atom is -0.497 e. The monoisotopic (exact) mass is 486 g/mol. The number of carbonyl (C=O) groups excluding carboxylic acids is 1. The summed E-state index contributed by atoms with van der Waals surface area (Å²) in [5.74, 6) is 1.65. The predicted octanol–water partition coefficient (Wildman–Crippen LogP) is 4.42. The maximum Gasteiger partial charge on any atom is 0.257 e. The molecule has 1 unspecified atom stereocenters. The fourth-order valence-electron chi connectivity index (χ4n) is 4.12. The number of methoxy groups -OCH3 is 2. The van der Waals surface area contributed by atoms with Crippen molar-refractivity contribution in [3.05, 3.63) is 89.5 Å². The zero-order valence-electron chi connectivity index (χ0n) is 19.8. The molecule has 0 saturated carbocycles. The molecule has 0 spiro atoms. The molecule has 0 aliphatic carbocycles. The summed E-state index contributed by atoms with van der Waals surface area (Å²) in [7, 11) is 3.12. The normalized spacial score (nSPS) is 14.6. The highest BCUT2D eigenvalue weighted by Crippen LogP contribution is 2.41. The molecule has 5 rings (SSSR count). The van der Waals surface area contributed by atoms with Gasteiger partial charge in [0.15, 0.2) is 5.82 Å². The number of carbonyl (C=O) groups is 1. The van der Waals surface area contributed by atoms with Crippen molar-refractivity contribution in [1.82, 2.24) is 19.7 Å². The van der Waals surface area contributed by atoms with Crippen LogP contribution in [0.25, 0.3) is 11.4 Å². The van der Waals surface area contributed by atoms with Crippen LogP contribution < -0.4 is 20.1 Å². The number of hydrogen-bond donors (Lipinski definition) is 2. The second-order valence-electron chi connectivity index (χ2n) is 8.05. The first-order valence-electron chi connectivity index (χ1n) is 11.1. The molecule has 0 radical (unpaired) electrons. The summed E-state index contributed by atoms with van der Waals surface area (Å²) in [5.41, 5.74) is 2.32. The van der Waals surface area contributed by atoms with Gasteiger partial charge in [0.2, 0.25) is 5.95 Å². The maximum absolute atomic E-state index is 13.6. The third-order valence-electron chi connectivity index (χ3n) is 5.84. The summed E-state index contributed by atoms with van der Waals surface area (Å²) in [6.07, 6.45) is 1.60. The number of pyridine rings is 1. The Kier molecular flexibility index (Phi) is 6.07. The molecule has 4 aromatic rings. The van der Waals surface area contributed by atoms with Crippen LogP contribution in [0.2, 0.25) is 0 Å². The number of rotatable bonds is 6. The lowest BCUT2D eigenvalue weighted by Crippen LogP contribution is -2.32. The molecule has 36 heavy (non-hydrogen) atoms. The van der Waals surface area contributed by atoms with Crippen LogP contribution in [-0.4, -0.2) is 39.9 Å². The van der Waals surface area contributed by atoms with Gasteiger partial charge in [-0.2, -0.15) is 4.98 Å². The van der Waals surface area contributed by atoms with Gasteiger partial charge >= 0.3 is 0 Å². The molecule has 3 heterocycles. The summed E-state index contributed by atoms with van der Waals surface area (Å²) in [6, 6.07) is 15.9. The van der Waals surface area contributed by atoms with Crippen molar-refractivity contribution in [2.75, 3.05) is 24.9 Å². The Morgan fingerprint density at radius 1 is 1.08 bits per heavy atom. The third kappa shape index (κ3) is 4.24. The smallest absolute Gasteiger partial charge is 0.257 e. The van der Waals surface area contributed by atoms with Gasteiger partial charge in [-0.3, -0.25) is 4.79 Å². The molecule has 2 aromatic carbocycles. The Balaban J connectivity index is 1.65. The van der Waals surface area contributed by atoms with Crippen molar-refractivity contribution >= 4 is 17.7 Å². The van der Waals surface area contributed by atoms with Gasteiger partial charge in [-0.25, -0.2) is 14.1 Å². The van der Waals surface area contributed by atoms with Gasteiger partial charge in [-0.1, -0.05) is 6.07 Å². The second kappa shape index (κ2) is 9.49. The molecule has 1 aliphatic rings. The molecule has 0 fully saturated rings. The SMILES string of the molecule is COc1ccc(C2C(C(=O)Nc3ccccn3)=C(C)Nc3nc(-c4ccc(F)cc4)nn32)c(OC)c1. The lowest BCUT2D eigenvalue weighted by Gasteiger charge is -2.29. The van der Waals surface area contributed by atoms with Crippen molar-refractivity contribution < 1.29 is 18.7 Å². The topological polar surface area (TPSA) is 103 Å². The van der Waals surface area contributed by atoms with Gasteiger partial charge in [-0.15, -0.1) is 5.10 Å². The molecule has 1 atom stereocenters. The maximum atomic E-state index is 13.6. The Labute approximate surface area is 206 Å². The van der Waals surface area contributed by atoms with Crippen LogP contribution in [0.5, 0.6) is 11.5 Å². The van der Waals surface area contributed by atoms with Gasteiger partial charge in [0.1, 0.15) is 29.2 Å². The highest BCUT2D eigenvalue weighted by molar-refractivity contribution is 6.05. The number of nitrogens with zero attached hydrogens (tertiary/aromatic N) is 4. The standard InChI is InChI=1S/C26H23FN6O3/c1-15-22(25(34)30-21-6-4-5-13-28-21)23(19-12-11-18(35-2)14-20(19)36-3)33-26(29-15)31-24(32-33)16-7-9-17(27)10-8-16/h4-14,23H,1-3H3,(H,28,30,34)(H,29,31,32). The van der Waals surface area contributed by atoms with Crippen LogP contribution in [-0.2, 0) is 4.79 Å². The first-order chi connectivity index (χ1) is 17.5. The second-order valence-corrected chi connectivity index (χ2v) is 8.05. The van der Waals surface area contributed by atoms with Crippen molar-refractivity contribution in [3.63, 3.8) is 0 Å². The van der Waals surface area contributed by atoms with E-state index in [1.54, 1.807) is 74.5 Å². The van der Waals surface area contributed by atoms with E-state index in [1.165, 1.54) is 12.1 Å². The molecule has 0 bridgehead atoms. The summed E-state index contributed by atoms with van der Waals surface area (Å²) in [5, 5.41) is 10.8. The van der Waals surface area contributed by atoms with Crippen LogP contribution >= 0.6 is 0 Å². The van der Waals surface area contributed by atoms with E-state index in [4.69, 9.17) is 14.6 Å². The Morgan fingerprint density at radius 2 is 1.89 bits per heavy atom. The van der Waals surface area contributed by atoms with Gasteiger partial charge in [0.05, 0.1) is 19.8 Å². The minimum atomic E-state index is -0.687. The number of ether oxygens (including phenoxy) is 2. The number of nitrogens with one attached hydrogen (secondary N) is 2. The number of allylic oxidation sites excluding steroid dienone is 1. The largest absolute Gasteiger partial charge is 0.497 e. The number of hydrogen-bond acceptors (Lipinski definition) is 7. The first-order valence-corrected chi connectivity index (χ1v) is 11.1. The van der Waals surface area contributed by atoms with Crippen LogP contribution in [0, 0.1) is 5.82 Å². The summed E-state index contributed by atoms with van der Waals surface area (Å²) < 4.78 is 26.1. The number of aromatic nitrogens is 4. The van der Waals surface area contributed by atoms with Crippen LogP contribution in [0.15, 0.2) is 78.1 Å². The summed E-state index contributed by atoms with van der Waals surface area (Å²) >= 11 is 0. The van der Waals surface area contributed by atoms with Gasteiger partial charge in [-0.05, 0) is 55.5 Å². The van der Waals surface area contributed by atoms with Gasteiger partial charge in [0.25, 0.3) is 5.91 Å². The zero-order valence-corrected chi connectivity index (χ0v) is 19.8. The van der Waals surface area contributed by atoms with E-state index >= 15 is 0 Å². The molecule has 10 heteroatoms. The van der Waals surface area contributed by atoms with Crippen LogP contribution in [0.1, 0.15) is 18.5 Å². The van der Waals surface area contributed by atoms with E-state index in [0.29, 0.717) is 51.5 Å². The lowest BCUT2D eigenvalue weighted by molar-refractivity contribution is -0.113. The summed E-state index contributed by atoms with van der Waals surface area (Å²) in [4.78, 5) is 22.4. The number of benzene rings is 2. The van der Waals surface area contributed by atoms with E-state index in [9.17, 15) is 9.18 Å².